The molecule has 2 aromatic rings. The molecule has 0 atom stereocenters. The van der Waals surface area contributed by atoms with Crippen molar-refractivity contribution in [3.8, 4) is 5.75 Å². The lowest BCUT2D eigenvalue weighted by molar-refractivity contribution is 0.415. The van der Waals surface area contributed by atoms with Crippen LogP contribution < -0.4 is 10.1 Å². The summed E-state index contributed by atoms with van der Waals surface area (Å²) < 4.78 is 7.38. The molecule has 1 aliphatic carbocycles. The lowest BCUT2D eigenvalue weighted by Crippen LogP contribution is -2.01. The number of anilines is 2. The van der Waals surface area contributed by atoms with Crippen molar-refractivity contribution in [3.05, 3.63) is 36.2 Å². The number of rotatable bonds is 4. The number of hydrogen-bond donors (Lipinski definition) is 1. The summed E-state index contributed by atoms with van der Waals surface area (Å²) in [5.41, 5.74) is 2.08. The van der Waals surface area contributed by atoms with E-state index in [0.29, 0.717) is 6.04 Å². The normalized spacial score (nSPS) is 14.6. The van der Waals surface area contributed by atoms with Gasteiger partial charge in [0.2, 0.25) is 5.95 Å². The van der Waals surface area contributed by atoms with Crippen molar-refractivity contribution >= 4 is 11.6 Å². The van der Waals surface area contributed by atoms with Gasteiger partial charge in [-0.2, -0.15) is 0 Å². The molecule has 0 amide bonds. The van der Waals surface area contributed by atoms with E-state index >= 15 is 0 Å². The van der Waals surface area contributed by atoms with Gasteiger partial charge >= 0.3 is 0 Å². The first-order valence-electron chi connectivity index (χ1n) is 6.23. The zero-order valence-corrected chi connectivity index (χ0v) is 10.7. The SMILES string of the molecule is COc1ccc(Nc2nc(C)cn2C2CC2)cc1. The Morgan fingerprint density at radius 2 is 2.00 bits per heavy atom. The lowest BCUT2D eigenvalue weighted by atomic mass is 10.3. The maximum Gasteiger partial charge on any atom is 0.207 e. The van der Waals surface area contributed by atoms with E-state index in [4.69, 9.17) is 4.74 Å². The maximum absolute atomic E-state index is 5.15. The van der Waals surface area contributed by atoms with Gasteiger partial charge in [0.05, 0.1) is 12.8 Å². The smallest absolute Gasteiger partial charge is 0.207 e. The van der Waals surface area contributed by atoms with Gasteiger partial charge in [0.25, 0.3) is 0 Å². The minimum atomic E-state index is 0.631. The van der Waals surface area contributed by atoms with Gasteiger partial charge in [0.1, 0.15) is 5.75 Å². The van der Waals surface area contributed by atoms with Crippen molar-refractivity contribution in [2.24, 2.45) is 0 Å². The standard InChI is InChI=1S/C14H17N3O/c1-10-9-17(12-5-6-12)14(15-10)16-11-3-7-13(18-2)8-4-11/h3-4,7-9,12H,5-6H2,1-2H3,(H,15,16). The Morgan fingerprint density at radius 1 is 1.28 bits per heavy atom. The molecule has 1 fully saturated rings. The molecule has 4 nitrogen and oxygen atoms in total. The zero-order chi connectivity index (χ0) is 12.5. The number of imidazole rings is 1. The van der Waals surface area contributed by atoms with Crippen LogP contribution in [0, 0.1) is 6.92 Å². The van der Waals surface area contributed by atoms with Gasteiger partial charge in [-0.25, -0.2) is 4.98 Å². The van der Waals surface area contributed by atoms with E-state index in [1.807, 2.05) is 31.2 Å². The van der Waals surface area contributed by atoms with Crippen LogP contribution in [0.25, 0.3) is 0 Å². The first kappa shape index (κ1) is 11.1. The number of hydrogen-bond acceptors (Lipinski definition) is 3. The number of nitrogens with zero attached hydrogens (tertiary/aromatic N) is 2. The predicted octanol–water partition coefficient (Wildman–Crippen LogP) is 3.28. The highest BCUT2D eigenvalue weighted by Crippen LogP contribution is 2.37. The summed E-state index contributed by atoms with van der Waals surface area (Å²) in [6, 6.07) is 8.52. The summed E-state index contributed by atoms with van der Waals surface area (Å²) in [4.78, 5) is 4.53. The molecule has 1 aromatic heterocycles. The fraction of sp³-hybridized carbons (Fsp3) is 0.357. The Hall–Kier alpha value is -1.97. The summed E-state index contributed by atoms with van der Waals surface area (Å²) in [6.45, 7) is 2.03. The van der Waals surface area contributed by atoms with Crippen molar-refractivity contribution in [1.82, 2.24) is 9.55 Å². The monoisotopic (exact) mass is 243 g/mol. The first-order chi connectivity index (χ1) is 8.76. The minimum Gasteiger partial charge on any atom is -0.497 e. The van der Waals surface area contributed by atoms with Gasteiger partial charge in [-0.15, -0.1) is 0 Å². The average Bonchev–Trinajstić information content (AvgIpc) is 3.15. The molecule has 0 spiro atoms. The number of benzene rings is 1. The van der Waals surface area contributed by atoms with E-state index < -0.39 is 0 Å². The highest BCUT2D eigenvalue weighted by atomic mass is 16.5. The van der Waals surface area contributed by atoms with Crippen molar-refractivity contribution in [1.29, 1.82) is 0 Å². The molecule has 0 saturated heterocycles. The summed E-state index contributed by atoms with van der Waals surface area (Å²) >= 11 is 0. The molecule has 4 heteroatoms. The summed E-state index contributed by atoms with van der Waals surface area (Å²) in [5, 5.41) is 3.36. The van der Waals surface area contributed by atoms with Crippen molar-refractivity contribution < 1.29 is 4.74 Å². The molecule has 1 heterocycles. The summed E-state index contributed by atoms with van der Waals surface area (Å²) in [6.07, 6.45) is 4.63. The Bertz CT molecular complexity index is 541. The van der Waals surface area contributed by atoms with E-state index in [-0.39, 0.29) is 0 Å². The topological polar surface area (TPSA) is 39.1 Å². The van der Waals surface area contributed by atoms with Crippen molar-refractivity contribution in [3.63, 3.8) is 0 Å². The van der Waals surface area contributed by atoms with Gasteiger partial charge in [-0.3, -0.25) is 0 Å². The Balaban J connectivity index is 1.82. The van der Waals surface area contributed by atoms with Gasteiger partial charge in [0, 0.05) is 17.9 Å². The fourth-order valence-electron chi connectivity index (χ4n) is 2.04. The largest absolute Gasteiger partial charge is 0.497 e. The third kappa shape index (κ3) is 2.18. The predicted molar refractivity (Wildman–Crippen MR) is 71.5 cm³/mol. The summed E-state index contributed by atoms with van der Waals surface area (Å²) in [5.74, 6) is 1.79. The Morgan fingerprint density at radius 3 is 2.61 bits per heavy atom. The van der Waals surface area contributed by atoms with Crippen LogP contribution in [0.3, 0.4) is 0 Å². The zero-order valence-electron chi connectivity index (χ0n) is 10.7. The molecule has 1 aliphatic rings. The van der Waals surface area contributed by atoms with Crippen molar-refractivity contribution in [2.45, 2.75) is 25.8 Å². The second-order valence-electron chi connectivity index (χ2n) is 4.70. The van der Waals surface area contributed by atoms with E-state index in [0.717, 1.165) is 23.1 Å². The maximum atomic E-state index is 5.15. The molecule has 1 aromatic carbocycles. The van der Waals surface area contributed by atoms with Gasteiger partial charge in [-0.1, -0.05) is 0 Å². The minimum absolute atomic E-state index is 0.631. The molecular weight excluding hydrogens is 226 g/mol. The highest BCUT2D eigenvalue weighted by molar-refractivity contribution is 5.55. The third-order valence-electron chi connectivity index (χ3n) is 3.14. The van der Waals surface area contributed by atoms with Crippen LogP contribution in [0.1, 0.15) is 24.6 Å². The van der Waals surface area contributed by atoms with Crippen LogP contribution in [0.4, 0.5) is 11.6 Å². The quantitative estimate of drug-likeness (QED) is 0.895. The van der Waals surface area contributed by atoms with E-state index in [9.17, 15) is 0 Å². The number of aromatic nitrogens is 2. The number of ether oxygens (including phenoxy) is 1. The molecular formula is C14H17N3O. The molecule has 1 N–H and O–H groups in total. The van der Waals surface area contributed by atoms with E-state index in [1.54, 1.807) is 7.11 Å². The molecule has 94 valence electrons. The van der Waals surface area contributed by atoms with Crippen LogP contribution in [0.15, 0.2) is 30.5 Å². The van der Waals surface area contributed by atoms with Crippen molar-refractivity contribution in [2.75, 3.05) is 12.4 Å². The van der Waals surface area contributed by atoms with E-state index in [1.165, 1.54) is 12.8 Å². The second kappa shape index (κ2) is 4.37. The number of aryl methyl sites for hydroxylation is 1. The van der Waals surface area contributed by atoms with Crippen LogP contribution in [0.5, 0.6) is 5.75 Å². The Labute approximate surface area is 107 Å². The third-order valence-corrected chi connectivity index (χ3v) is 3.14. The first-order valence-corrected chi connectivity index (χ1v) is 6.23. The van der Waals surface area contributed by atoms with Crippen LogP contribution in [-0.4, -0.2) is 16.7 Å². The molecule has 0 radical (unpaired) electrons. The van der Waals surface area contributed by atoms with Crippen LogP contribution in [-0.2, 0) is 0 Å². The number of methoxy groups -OCH3 is 1. The van der Waals surface area contributed by atoms with Gasteiger partial charge in [-0.05, 0) is 44.0 Å². The highest BCUT2D eigenvalue weighted by Gasteiger charge is 2.26. The van der Waals surface area contributed by atoms with Gasteiger partial charge in [0.15, 0.2) is 0 Å². The number of nitrogens with one attached hydrogen (secondary N) is 1. The molecule has 0 aliphatic heterocycles. The molecule has 0 bridgehead atoms. The molecule has 0 unspecified atom stereocenters. The average molecular weight is 243 g/mol. The molecule has 18 heavy (non-hydrogen) atoms. The Kier molecular flexibility index (Phi) is 2.70. The fourth-order valence-corrected chi connectivity index (χ4v) is 2.04. The van der Waals surface area contributed by atoms with Gasteiger partial charge < -0.3 is 14.6 Å². The van der Waals surface area contributed by atoms with E-state index in [2.05, 4.69) is 21.1 Å². The lowest BCUT2D eigenvalue weighted by Gasteiger charge is -2.09. The second-order valence-corrected chi connectivity index (χ2v) is 4.70. The summed E-state index contributed by atoms with van der Waals surface area (Å²) in [7, 11) is 1.67. The van der Waals surface area contributed by atoms with Crippen LogP contribution >= 0.6 is 0 Å². The molecule has 3 rings (SSSR count). The van der Waals surface area contributed by atoms with Crippen LogP contribution in [0.2, 0.25) is 0 Å². The molecule has 1 saturated carbocycles.